The maximum Gasteiger partial charge on any atom is 0.315 e. The van der Waals surface area contributed by atoms with E-state index in [0.29, 0.717) is 30.6 Å². The minimum atomic E-state index is -0.415. The number of carbonyl (C=O) groups is 1. The van der Waals surface area contributed by atoms with Crippen molar-refractivity contribution in [3.05, 3.63) is 110 Å². The molecule has 6 rings (SSSR count). The van der Waals surface area contributed by atoms with Crippen molar-refractivity contribution >= 4 is 29.2 Å². The summed E-state index contributed by atoms with van der Waals surface area (Å²) in [6.07, 6.45) is 1.69. The van der Waals surface area contributed by atoms with Gasteiger partial charge in [-0.3, -0.25) is 9.58 Å². The summed E-state index contributed by atoms with van der Waals surface area (Å²) in [7, 11) is 0. The number of fused-ring (bicyclic) bond motifs is 1. The van der Waals surface area contributed by atoms with Gasteiger partial charge >= 0.3 is 6.03 Å². The summed E-state index contributed by atoms with van der Waals surface area (Å²) in [5.41, 5.74) is 13.7. The van der Waals surface area contributed by atoms with E-state index in [4.69, 9.17) is 38.8 Å². The highest BCUT2D eigenvalue weighted by Gasteiger charge is 2.27. The van der Waals surface area contributed by atoms with Crippen LogP contribution in [0.1, 0.15) is 46.9 Å². The Bertz CT molecular complexity index is 1760. The largest absolute Gasteiger partial charge is 0.379 e. The lowest BCUT2D eigenvalue weighted by Gasteiger charge is -2.33. The zero-order valence-corrected chi connectivity index (χ0v) is 28.2. The molecule has 1 aromatic heterocycles. The average molecular weight is 672 g/mol. The third kappa shape index (κ3) is 8.36. The lowest BCUT2D eigenvalue weighted by molar-refractivity contribution is -0.00122. The number of hydrogen-bond donors (Lipinski definition) is 2. The van der Waals surface area contributed by atoms with Crippen LogP contribution in [-0.4, -0.2) is 64.5 Å². The van der Waals surface area contributed by atoms with Crippen LogP contribution in [-0.2, 0) is 37.3 Å². The van der Waals surface area contributed by atoms with Crippen molar-refractivity contribution in [2.45, 2.75) is 52.0 Å². The van der Waals surface area contributed by atoms with Gasteiger partial charge < -0.3 is 20.7 Å². The molecule has 8 nitrogen and oxygen atoms in total. The Morgan fingerprint density at radius 3 is 2.47 bits per heavy atom. The summed E-state index contributed by atoms with van der Waals surface area (Å²) in [5, 5.41) is 9.88. The number of aryl methyl sites for hydroxylation is 1. The smallest absolute Gasteiger partial charge is 0.315 e. The molecule has 1 saturated heterocycles. The molecule has 2 amide bonds. The van der Waals surface area contributed by atoms with Crippen molar-refractivity contribution in [3.8, 4) is 23.1 Å². The number of nitrogens with zero attached hydrogens (tertiary/aromatic N) is 4. The molecule has 0 spiro atoms. The SMILES string of the molecule is C[C@H]1COCCN1CCCn1nc(-c2ccc(Cl)c(C#Cc3ccc(CNCc4ccc(Cl)cc4)cc3)c2)c2c1CCN(C(N)=O)C2. The predicted octanol–water partition coefficient (Wildman–Crippen LogP) is 6.09. The van der Waals surface area contributed by atoms with Crippen molar-refractivity contribution in [1.29, 1.82) is 0 Å². The van der Waals surface area contributed by atoms with E-state index >= 15 is 0 Å². The van der Waals surface area contributed by atoms with Gasteiger partial charge in [-0.25, -0.2) is 4.79 Å². The van der Waals surface area contributed by atoms with Gasteiger partial charge in [0.05, 0.1) is 30.5 Å². The number of urea groups is 1. The van der Waals surface area contributed by atoms with Crippen LogP contribution in [0.25, 0.3) is 11.3 Å². The maximum absolute atomic E-state index is 12.1. The summed E-state index contributed by atoms with van der Waals surface area (Å²) in [6.45, 7) is 9.06. The van der Waals surface area contributed by atoms with Crippen LogP contribution in [0.2, 0.25) is 10.0 Å². The Balaban J connectivity index is 1.16. The third-order valence-corrected chi connectivity index (χ3v) is 9.45. The monoisotopic (exact) mass is 670 g/mol. The van der Waals surface area contributed by atoms with E-state index in [1.54, 1.807) is 4.90 Å². The number of primary amides is 1. The summed E-state index contributed by atoms with van der Waals surface area (Å²) >= 11 is 12.6. The Morgan fingerprint density at radius 1 is 1.00 bits per heavy atom. The first-order valence-electron chi connectivity index (χ1n) is 16.1. The number of amides is 2. The molecule has 0 saturated carbocycles. The first kappa shape index (κ1) is 33.1. The van der Waals surface area contributed by atoms with Crippen molar-refractivity contribution in [2.75, 3.05) is 32.8 Å². The van der Waals surface area contributed by atoms with Gasteiger partial charge in [0.1, 0.15) is 0 Å². The molecule has 4 aromatic rings. The molecule has 2 aliphatic rings. The zero-order valence-electron chi connectivity index (χ0n) is 26.6. The van der Waals surface area contributed by atoms with Crippen molar-refractivity contribution in [2.24, 2.45) is 5.73 Å². The molecule has 0 bridgehead atoms. The third-order valence-electron chi connectivity index (χ3n) is 8.87. The highest BCUT2D eigenvalue weighted by atomic mass is 35.5. The Kier molecular flexibility index (Phi) is 10.8. The van der Waals surface area contributed by atoms with Gasteiger partial charge in [-0.05, 0) is 60.9 Å². The number of benzene rings is 3. The fraction of sp³-hybridized carbons (Fsp3) is 0.351. The molecule has 3 N–H and O–H groups in total. The number of nitrogens with two attached hydrogens (primary N) is 1. The van der Waals surface area contributed by atoms with Crippen molar-refractivity contribution < 1.29 is 9.53 Å². The molecular weight excluding hydrogens is 631 g/mol. The number of halogens is 2. The fourth-order valence-corrected chi connectivity index (χ4v) is 6.47. The number of hydrogen-bond acceptors (Lipinski definition) is 5. The molecule has 1 atom stereocenters. The van der Waals surface area contributed by atoms with E-state index in [-0.39, 0.29) is 0 Å². The molecule has 0 radical (unpaired) electrons. The van der Waals surface area contributed by atoms with Gasteiger partial charge in [-0.2, -0.15) is 5.10 Å². The van der Waals surface area contributed by atoms with Gasteiger partial charge in [-0.1, -0.05) is 65.4 Å². The minimum Gasteiger partial charge on any atom is -0.379 e. The van der Waals surface area contributed by atoms with Crippen LogP contribution in [0, 0.1) is 11.8 Å². The zero-order chi connectivity index (χ0) is 32.8. The highest BCUT2D eigenvalue weighted by molar-refractivity contribution is 6.31. The van der Waals surface area contributed by atoms with Crippen LogP contribution in [0.5, 0.6) is 0 Å². The molecule has 244 valence electrons. The number of morpholine rings is 1. The van der Waals surface area contributed by atoms with E-state index in [2.05, 4.69) is 45.8 Å². The fourth-order valence-electron chi connectivity index (χ4n) is 6.18. The first-order valence-corrected chi connectivity index (χ1v) is 16.9. The van der Waals surface area contributed by atoms with Gasteiger partial charge in [0.2, 0.25) is 0 Å². The molecular formula is C37H40Cl2N6O2. The van der Waals surface area contributed by atoms with E-state index in [1.165, 1.54) is 11.1 Å². The highest BCUT2D eigenvalue weighted by Crippen LogP contribution is 2.32. The number of aromatic nitrogens is 2. The quantitative estimate of drug-likeness (QED) is 0.210. The Hall–Kier alpha value is -3.84. The van der Waals surface area contributed by atoms with Crippen LogP contribution < -0.4 is 11.1 Å². The topological polar surface area (TPSA) is 88.7 Å². The van der Waals surface area contributed by atoms with Crippen LogP contribution in [0.15, 0.2) is 66.7 Å². The molecule has 0 aliphatic carbocycles. The number of ether oxygens (including phenoxy) is 1. The van der Waals surface area contributed by atoms with E-state index in [1.807, 2.05) is 54.6 Å². The molecule has 47 heavy (non-hydrogen) atoms. The second kappa shape index (κ2) is 15.4. The first-order chi connectivity index (χ1) is 22.8. The van der Waals surface area contributed by atoms with E-state index in [9.17, 15) is 4.79 Å². The number of carbonyl (C=O) groups excluding carboxylic acids is 1. The predicted molar refractivity (Wildman–Crippen MR) is 187 cm³/mol. The van der Waals surface area contributed by atoms with E-state index in [0.717, 1.165) is 91.0 Å². The molecule has 0 unspecified atom stereocenters. The number of rotatable bonds is 9. The van der Waals surface area contributed by atoms with Crippen molar-refractivity contribution in [3.63, 3.8) is 0 Å². The van der Waals surface area contributed by atoms with Crippen LogP contribution >= 0.6 is 23.2 Å². The molecule has 2 aliphatic heterocycles. The van der Waals surface area contributed by atoms with E-state index < -0.39 is 6.03 Å². The maximum atomic E-state index is 12.1. The molecule has 1 fully saturated rings. The standard InChI is InChI=1S/C37H40Cl2N6O2/c1-26-25-47-20-19-43(26)16-2-17-45-35-15-18-44(37(40)46)24-33(35)36(42-45)31-11-14-34(39)30(21-31)10-7-27-3-5-28(6-4-27)22-41-23-29-8-12-32(38)13-9-29/h3-6,8-9,11-14,21,26,41H,2,15-20,22-25H2,1H3,(H2,40,46)/t26-/m0/s1. The second-order valence-electron chi connectivity index (χ2n) is 12.2. The molecule has 3 aromatic carbocycles. The normalized spacial score (nSPS) is 16.4. The second-order valence-corrected chi connectivity index (χ2v) is 13.0. The molecule has 3 heterocycles. The van der Waals surface area contributed by atoms with Gasteiger partial charge in [0.25, 0.3) is 0 Å². The lowest BCUT2D eigenvalue weighted by Crippen LogP contribution is -2.44. The Morgan fingerprint density at radius 2 is 1.74 bits per heavy atom. The lowest BCUT2D eigenvalue weighted by atomic mass is 9.99. The summed E-state index contributed by atoms with van der Waals surface area (Å²) < 4.78 is 7.73. The van der Waals surface area contributed by atoms with Crippen molar-refractivity contribution in [1.82, 2.24) is 24.9 Å². The summed E-state index contributed by atoms with van der Waals surface area (Å²) in [5.74, 6) is 6.54. The average Bonchev–Trinajstić information content (AvgIpc) is 3.44. The van der Waals surface area contributed by atoms with Gasteiger partial charge in [0.15, 0.2) is 0 Å². The van der Waals surface area contributed by atoms with Gasteiger partial charge in [-0.15, -0.1) is 0 Å². The Labute approximate surface area is 286 Å². The summed E-state index contributed by atoms with van der Waals surface area (Å²) in [6, 6.07) is 21.9. The number of nitrogens with one attached hydrogen (secondary N) is 1. The minimum absolute atomic E-state index is 0.415. The van der Waals surface area contributed by atoms with Gasteiger partial charge in [0, 0.05) is 84.7 Å². The summed E-state index contributed by atoms with van der Waals surface area (Å²) in [4.78, 5) is 16.3. The van der Waals surface area contributed by atoms with Crippen LogP contribution in [0.4, 0.5) is 4.79 Å². The molecule has 10 heteroatoms. The van der Waals surface area contributed by atoms with Crippen LogP contribution in [0.3, 0.4) is 0 Å².